The van der Waals surface area contributed by atoms with Crippen molar-refractivity contribution in [2.75, 3.05) is 46.2 Å². The molecule has 0 saturated carbocycles. The fourth-order valence-corrected chi connectivity index (χ4v) is 1.40. The lowest BCUT2D eigenvalue weighted by molar-refractivity contribution is -0.00000311. The second-order valence-corrected chi connectivity index (χ2v) is 3.66. The third-order valence-electron chi connectivity index (χ3n) is 1.93. The highest BCUT2D eigenvalue weighted by molar-refractivity contribution is 6.18. The Hall–Kier alpha value is 0.940. The first-order chi connectivity index (χ1) is 5.70. The summed E-state index contributed by atoms with van der Waals surface area (Å²) in [5.41, 5.74) is 0. The molecule has 0 heterocycles. The standard InChI is InChI=1S/C9H21ClN2.CH4.HI/c1-4-12(9-6-10)8-5-7-11(2)3;;/h4-9H2,1-3H3;1H4;1H/p-1. The molecule has 0 rings (SSSR count). The number of halogens is 2. The maximum absolute atomic E-state index is 5.66. The predicted molar refractivity (Wildman–Crippen MR) is 62.7 cm³/mol. The molecule has 4 heteroatoms. The molecule has 2 nitrogen and oxygen atoms in total. The summed E-state index contributed by atoms with van der Waals surface area (Å²) in [7, 11) is 4.22. The molecular weight excluding hydrogens is 310 g/mol. The fraction of sp³-hybridized carbons (Fsp3) is 1.00. The van der Waals surface area contributed by atoms with Crippen molar-refractivity contribution in [3.8, 4) is 0 Å². The minimum absolute atomic E-state index is 0. The van der Waals surface area contributed by atoms with Gasteiger partial charge in [0.2, 0.25) is 0 Å². The molecule has 0 aliphatic carbocycles. The molecule has 0 spiro atoms. The topological polar surface area (TPSA) is 6.48 Å². The van der Waals surface area contributed by atoms with Gasteiger partial charge in [-0.25, -0.2) is 0 Å². The van der Waals surface area contributed by atoms with E-state index in [1.165, 1.54) is 19.5 Å². The van der Waals surface area contributed by atoms with E-state index in [1.807, 2.05) is 0 Å². The van der Waals surface area contributed by atoms with Crippen LogP contribution in [0.1, 0.15) is 20.8 Å². The van der Waals surface area contributed by atoms with Crippen LogP contribution < -0.4 is 24.0 Å². The summed E-state index contributed by atoms with van der Waals surface area (Å²) >= 11 is 5.66. The average Bonchev–Trinajstić information content (AvgIpc) is 2.02. The molecule has 0 radical (unpaired) electrons. The first kappa shape index (κ1) is 20.4. The molecular formula is C10H25ClIN2-. The third-order valence-corrected chi connectivity index (χ3v) is 2.10. The molecule has 0 unspecified atom stereocenters. The molecule has 0 saturated heterocycles. The van der Waals surface area contributed by atoms with Gasteiger partial charge in [0, 0.05) is 12.4 Å². The number of rotatable bonds is 7. The SMILES string of the molecule is C.CCN(CCCl)CCCN(C)C.[I-]. The fourth-order valence-electron chi connectivity index (χ4n) is 1.16. The quantitative estimate of drug-likeness (QED) is 0.441. The van der Waals surface area contributed by atoms with Crippen molar-refractivity contribution in [2.45, 2.75) is 20.8 Å². The van der Waals surface area contributed by atoms with Crippen molar-refractivity contribution >= 4 is 11.6 Å². The Balaban J connectivity index is -0.000000605. The Morgan fingerprint density at radius 2 is 1.64 bits per heavy atom. The van der Waals surface area contributed by atoms with E-state index in [-0.39, 0.29) is 31.4 Å². The summed E-state index contributed by atoms with van der Waals surface area (Å²) in [6.45, 7) is 6.65. The van der Waals surface area contributed by atoms with Gasteiger partial charge in [-0.1, -0.05) is 14.4 Å². The Labute approximate surface area is 112 Å². The van der Waals surface area contributed by atoms with Crippen LogP contribution in [0, 0.1) is 0 Å². The monoisotopic (exact) mass is 335 g/mol. The van der Waals surface area contributed by atoms with Crippen LogP contribution >= 0.6 is 11.6 Å². The van der Waals surface area contributed by atoms with Crippen LogP contribution in [-0.4, -0.2) is 56.0 Å². The maximum Gasteiger partial charge on any atom is 0.0351 e. The summed E-state index contributed by atoms with van der Waals surface area (Å²) in [5, 5.41) is 0. The molecule has 0 atom stereocenters. The van der Waals surface area contributed by atoms with Gasteiger partial charge < -0.3 is 33.8 Å². The van der Waals surface area contributed by atoms with Crippen LogP contribution in [0.15, 0.2) is 0 Å². The highest BCUT2D eigenvalue weighted by Crippen LogP contribution is 1.93. The summed E-state index contributed by atoms with van der Waals surface area (Å²) < 4.78 is 0. The molecule has 0 aromatic heterocycles. The van der Waals surface area contributed by atoms with Gasteiger partial charge in [0.15, 0.2) is 0 Å². The predicted octanol–water partition coefficient (Wildman–Crippen LogP) is -0.861. The van der Waals surface area contributed by atoms with Crippen LogP contribution in [0.5, 0.6) is 0 Å². The van der Waals surface area contributed by atoms with E-state index in [0.717, 1.165) is 19.0 Å². The molecule has 0 aromatic carbocycles. The first-order valence-electron chi connectivity index (χ1n) is 4.63. The largest absolute Gasteiger partial charge is 1.00 e. The average molecular weight is 336 g/mol. The van der Waals surface area contributed by atoms with E-state index in [2.05, 4.69) is 30.8 Å². The molecule has 0 bridgehead atoms. The van der Waals surface area contributed by atoms with Crippen molar-refractivity contribution < 1.29 is 24.0 Å². The van der Waals surface area contributed by atoms with E-state index in [9.17, 15) is 0 Å². The number of nitrogens with zero attached hydrogens (tertiary/aromatic N) is 2. The second-order valence-electron chi connectivity index (χ2n) is 3.28. The molecule has 90 valence electrons. The van der Waals surface area contributed by atoms with Crippen molar-refractivity contribution in [1.29, 1.82) is 0 Å². The molecule has 0 aromatic rings. The Morgan fingerprint density at radius 3 is 2.00 bits per heavy atom. The van der Waals surface area contributed by atoms with Crippen LogP contribution in [0.4, 0.5) is 0 Å². The number of alkyl halides is 1. The lowest BCUT2D eigenvalue weighted by atomic mass is 10.3. The number of hydrogen-bond acceptors (Lipinski definition) is 2. The Bertz CT molecular complexity index is 102. The van der Waals surface area contributed by atoms with Gasteiger partial charge in [0.05, 0.1) is 0 Å². The molecule has 14 heavy (non-hydrogen) atoms. The van der Waals surface area contributed by atoms with Crippen molar-refractivity contribution in [1.82, 2.24) is 9.80 Å². The van der Waals surface area contributed by atoms with E-state index in [1.54, 1.807) is 0 Å². The highest BCUT2D eigenvalue weighted by Gasteiger charge is 2.00. The van der Waals surface area contributed by atoms with Gasteiger partial charge in [-0.3, -0.25) is 0 Å². The summed E-state index contributed by atoms with van der Waals surface area (Å²) in [6, 6.07) is 0. The lowest BCUT2D eigenvalue weighted by Crippen LogP contribution is -3.00. The summed E-state index contributed by atoms with van der Waals surface area (Å²) in [5.74, 6) is 0.746. The van der Waals surface area contributed by atoms with Gasteiger partial charge >= 0.3 is 0 Å². The van der Waals surface area contributed by atoms with E-state index < -0.39 is 0 Å². The van der Waals surface area contributed by atoms with Gasteiger partial charge in [0.25, 0.3) is 0 Å². The molecule has 0 fully saturated rings. The smallest absolute Gasteiger partial charge is 0.0351 e. The third kappa shape index (κ3) is 12.9. The molecule has 0 aliphatic rings. The minimum Gasteiger partial charge on any atom is -1.00 e. The van der Waals surface area contributed by atoms with Crippen LogP contribution in [0.3, 0.4) is 0 Å². The van der Waals surface area contributed by atoms with E-state index in [4.69, 9.17) is 11.6 Å². The molecule has 0 amide bonds. The highest BCUT2D eigenvalue weighted by atomic mass is 127. The Morgan fingerprint density at radius 1 is 1.07 bits per heavy atom. The summed E-state index contributed by atoms with van der Waals surface area (Å²) in [6.07, 6.45) is 1.23. The Kier molecular flexibility index (Phi) is 20.3. The van der Waals surface area contributed by atoms with Crippen molar-refractivity contribution in [3.05, 3.63) is 0 Å². The van der Waals surface area contributed by atoms with Crippen molar-refractivity contribution in [2.24, 2.45) is 0 Å². The zero-order chi connectivity index (χ0) is 9.40. The lowest BCUT2D eigenvalue weighted by Gasteiger charge is -2.19. The van der Waals surface area contributed by atoms with Gasteiger partial charge in [-0.05, 0) is 40.2 Å². The van der Waals surface area contributed by atoms with Crippen LogP contribution in [0.25, 0.3) is 0 Å². The molecule has 0 N–H and O–H groups in total. The minimum atomic E-state index is 0. The van der Waals surface area contributed by atoms with Gasteiger partial charge in [-0.2, -0.15) is 0 Å². The number of hydrogen-bond donors (Lipinski definition) is 0. The normalized spacial score (nSPS) is 9.86. The van der Waals surface area contributed by atoms with Gasteiger partial charge in [0.1, 0.15) is 0 Å². The maximum atomic E-state index is 5.66. The zero-order valence-corrected chi connectivity index (χ0v) is 11.8. The summed E-state index contributed by atoms with van der Waals surface area (Å²) in [4.78, 5) is 4.60. The first-order valence-corrected chi connectivity index (χ1v) is 5.17. The van der Waals surface area contributed by atoms with Crippen LogP contribution in [-0.2, 0) is 0 Å². The van der Waals surface area contributed by atoms with Crippen LogP contribution in [0.2, 0.25) is 0 Å². The van der Waals surface area contributed by atoms with E-state index >= 15 is 0 Å². The zero-order valence-electron chi connectivity index (χ0n) is 8.89. The molecule has 0 aliphatic heterocycles. The van der Waals surface area contributed by atoms with E-state index in [0.29, 0.717) is 0 Å². The van der Waals surface area contributed by atoms with Gasteiger partial charge in [-0.15, -0.1) is 11.6 Å². The van der Waals surface area contributed by atoms with Crippen molar-refractivity contribution in [3.63, 3.8) is 0 Å². The second kappa shape index (κ2) is 13.9.